The summed E-state index contributed by atoms with van der Waals surface area (Å²) in [5, 5.41) is 3.02. The van der Waals surface area contributed by atoms with Gasteiger partial charge in [0.25, 0.3) is 5.91 Å². The van der Waals surface area contributed by atoms with Crippen molar-refractivity contribution in [2.45, 2.75) is 53.6 Å². The molecule has 0 aliphatic carbocycles. The third kappa shape index (κ3) is 5.45. The van der Waals surface area contributed by atoms with E-state index in [0.717, 1.165) is 11.1 Å². The SMILES string of the molecule is CC.CC.CCOC(=O)C1NC(c2ccccc2F)c2cc(C)ccc2N(C)C1=O. The van der Waals surface area contributed by atoms with E-state index in [1.165, 1.54) is 11.0 Å². The molecule has 2 aromatic rings. The molecule has 0 bridgehead atoms. The van der Waals surface area contributed by atoms with Crippen LogP contribution >= 0.6 is 0 Å². The molecule has 30 heavy (non-hydrogen) atoms. The molecule has 1 heterocycles. The zero-order chi connectivity index (χ0) is 22.8. The smallest absolute Gasteiger partial charge is 0.333 e. The Hall–Kier alpha value is -2.73. The molecule has 5 nitrogen and oxygen atoms in total. The highest BCUT2D eigenvalue weighted by atomic mass is 19.1. The van der Waals surface area contributed by atoms with E-state index in [2.05, 4.69) is 5.32 Å². The number of hydrogen-bond acceptors (Lipinski definition) is 4. The summed E-state index contributed by atoms with van der Waals surface area (Å²) in [6.07, 6.45) is 0. The van der Waals surface area contributed by atoms with Crippen LogP contribution in [-0.2, 0) is 14.3 Å². The zero-order valence-electron chi connectivity index (χ0n) is 19.0. The largest absolute Gasteiger partial charge is 0.464 e. The predicted octanol–water partition coefficient (Wildman–Crippen LogP) is 4.77. The number of carbonyl (C=O) groups excluding carboxylic acids is 2. The van der Waals surface area contributed by atoms with Crippen molar-refractivity contribution in [2.24, 2.45) is 0 Å². The maximum absolute atomic E-state index is 14.5. The second-order valence-corrected chi connectivity index (χ2v) is 6.27. The lowest BCUT2D eigenvalue weighted by molar-refractivity contribution is -0.148. The summed E-state index contributed by atoms with van der Waals surface area (Å²) in [4.78, 5) is 26.6. The van der Waals surface area contributed by atoms with Gasteiger partial charge in [0.15, 0.2) is 6.04 Å². The normalized spacial score (nSPS) is 17.5. The molecule has 0 aromatic heterocycles. The molecule has 0 saturated carbocycles. The zero-order valence-corrected chi connectivity index (χ0v) is 19.0. The van der Waals surface area contributed by atoms with Gasteiger partial charge in [-0.2, -0.15) is 0 Å². The monoisotopic (exact) mass is 416 g/mol. The highest BCUT2D eigenvalue weighted by Crippen LogP contribution is 2.35. The fourth-order valence-corrected chi connectivity index (χ4v) is 3.21. The first-order valence-electron chi connectivity index (χ1n) is 10.5. The van der Waals surface area contributed by atoms with Crippen LogP contribution < -0.4 is 10.2 Å². The van der Waals surface area contributed by atoms with Crippen LogP contribution in [0.4, 0.5) is 10.1 Å². The number of likely N-dealkylation sites (N-methyl/N-ethyl adjacent to an activating group) is 1. The number of carbonyl (C=O) groups is 2. The van der Waals surface area contributed by atoms with Gasteiger partial charge in [-0.15, -0.1) is 0 Å². The first kappa shape index (κ1) is 25.3. The molecule has 2 atom stereocenters. The van der Waals surface area contributed by atoms with E-state index in [-0.39, 0.29) is 6.61 Å². The van der Waals surface area contributed by atoms with Crippen molar-refractivity contribution in [3.8, 4) is 0 Å². The minimum atomic E-state index is -1.21. The Morgan fingerprint density at radius 3 is 2.33 bits per heavy atom. The summed E-state index contributed by atoms with van der Waals surface area (Å²) < 4.78 is 19.6. The number of amides is 1. The lowest BCUT2D eigenvalue weighted by atomic mass is 9.95. The van der Waals surface area contributed by atoms with Crippen LogP contribution in [0.3, 0.4) is 0 Å². The van der Waals surface area contributed by atoms with E-state index >= 15 is 0 Å². The molecule has 2 aromatic carbocycles. The number of fused-ring (bicyclic) bond motifs is 1. The van der Waals surface area contributed by atoms with Gasteiger partial charge in [-0.1, -0.05) is 63.6 Å². The Labute approximate surface area is 179 Å². The number of ether oxygens (including phenoxy) is 1. The number of esters is 1. The van der Waals surface area contributed by atoms with Crippen LogP contribution in [0.15, 0.2) is 42.5 Å². The van der Waals surface area contributed by atoms with E-state index in [1.54, 1.807) is 32.2 Å². The van der Waals surface area contributed by atoms with E-state index in [9.17, 15) is 14.0 Å². The molecule has 2 unspecified atom stereocenters. The fraction of sp³-hybridized carbons (Fsp3) is 0.417. The second kappa shape index (κ2) is 12.1. The summed E-state index contributed by atoms with van der Waals surface area (Å²) in [6.45, 7) is 11.8. The van der Waals surface area contributed by atoms with Gasteiger partial charge < -0.3 is 9.64 Å². The van der Waals surface area contributed by atoms with E-state index in [1.807, 2.05) is 52.8 Å². The average Bonchev–Trinajstić information content (AvgIpc) is 2.87. The van der Waals surface area contributed by atoms with Gasteiger partial charge in [0.1, 0.15) is 5.82 Å². The maximum Gasteiger partial charge on any atom is 0.333 e. The highest BCUT2D eigenvalue weighted by molar-refractivity contribution is 6.10. The van der Waals surface area contributed by atoms with Gasteiger partial charge in [0.2, 0.25) is 0 Å². The Morgan fingerprint density at radius 2 is 1.73 bits per heavy atom. The van der Waals surface area contributed by atoms with Crippen molar-refractivity contribution in [3.63, 3.8) is 0 Å². The molecule has 1 amide bonds. The molecule has 1 N–H and O–H groups in total. The Bertz CT molecular complexity index is 854. The number of anilines is 1. The summed E-state index contributed by atoms with van der Waals surface area (Å²) in [5.74, 6) is -1.51. The van der Waals surface area contributed by atoms with E-state index in [0.29, 0.717) is 11.3 Å². The topological polar surface area (TPSA) is 58.6 Å². The summed E-state index contributed by atoms with van der Waals surface area (Å²) >= 11 is 0. The lowest BCUT2D eigenvalue weighted by Gasteiger charge is -2.22. The molecule has 1 aliphatic rings. The number of nitrogens with zero attached hydrogens (tertiary/aromatic N) is 1. The molecular weight excluding hydrogens is 383 g/mol. The van der Waals surface area contributed by atoms with Crippen LogP contribution in [0.25, 0.3) is 0 Å². The van der Waals surface area contributed by atoms with Gasteiger partial charge in [-0.3, -0.25) is 10.1 Å². The quantitative estimate of drug-likeness (QED) is 0.578. The van der Waals surface area contributed by atoms with E-state index in [4.69, 9.17) is 4.74 Å². The van der Waals surface area contributed by atoms with Crippen molar-refractivity contribution in [2.75, 3.05) is 18.6 Å². The fourth-order valence-electron chi connectivity index (χ4n) is 3.21. The van der Waals surface area contributed by atoms with Crippen LogP contribution in [0, 0.1) is 12.7 Å². The molecule has 0 fully saturated rings. The number of aryl methyl sites for hydroxylation is 1. The number of hydrogen-bond donors (Lipinski definition) is 1. The maximum atomic E-state index is 14.5. The second-order valence-electron chi connectivity index (χ2n) is 6.27. The van der Waals surface area contributed by atoms with Crippen LogP contribution in [0.1, 0.15) is 57.4 Å². The van der Waals surface area contributed by atoms with Crippen LogP contribution in [-0.4, -0.2) is 31.6 Å². The number of rotatable bonds is 3. The van der Waals surface area contributed by atoms with Crippen molar-refractivity contribution in [1.82, 2.24) is 5.32 Å². The summed E-state index contributed by atoms with van der Waals surface area (Å²) in [7, 11) is 1.61. The molecule has 0 saturated heterocycles. The predicted molar refractivity (Wildman–Crippen MR) is 119 cm³/mol. The molecule has 0 radical (unpaired) electrons. The third-order valence-electron chi connectivity index (χ3n) is 4.50. The Morgan fingerprint density at radius 1 is 1.10 bits per heavy atom. The van der Waals surface area contributed by atoms with Crippen molar-refractivity contribution >= 4 is 17.6 Å². The van der Waals surface area contributed by atoms with Gasteiger partial charge in [-0.25, -0.2) is 9.18 Å². The first-order valence-corrected chi connectivity index (χ1v) is 10.5. The first-order chi connectivity index (χ1) is 14.4. The number of benzene rings is 2. The summed E-state index contributed by atoms with van der Waals surface area (Å²) in [6, 6.07) is 10.1. The number of halogens is 1. The molecular formula is C24H33FN2O3. The Balaban J connectivity index is 0.00000106. The molecule has 1 aliphatic heterocycles. The van der Waals surface area contributed by atoms with Gasteiger partial charge >= 0.3 is 5.97 Å². The average molecular weight is 417 g/mol. The number of nitrogens with one attached hydrogen (secondary N) is 1. The summed E-state index contributed by atoms with van der Waals surface area (Å²) in [5.41, 5.74) is 2.71. The third-order valence-corrected chi connectivity index (χ3v) is 4.50. The lowest BCUT2D eigenvalue weighted by Crippen LogP contribution is -2.49. The van der Waals surface area contributed by atoms with Gasteiger partial charge in [0, 0.05) is 18.3 Å². The minimum Gasteiger partial charge on any atom is -0.464 e. The highest BCUT2D eigenvalue weighted by Gasteiger charge is 2.39. The van der Waals surface area contributed by atoms with Crippen molar-refractivity contribution in [3.05, 3.63) is 65.0 Å². The van der Waals surface area contributed by atoms with Crippen LogP contribution in [0.2, 0.25) is 0 Å². The molecule has 164 valence electrons. The molecule has 0 spiro atoms. The van der Waals surface area contributed by atoms with Crippen LogP contribution in [0.5, 0.6) is 0 Å². The van der Waals surface area contributed by atoms with E-state index < -0.39 is 29.8 Å². The Kier molecular flexibility index (Phi) is 10.2. The molecule has 3 rings (SSSR count). The van der Waals surface area contributed by atoms with Gasteiger partial charge in [-0.05, 0) is 31.5 Å². The van der Waals surface area contributed by atoms with Gasteiger partial charge in [0.05, 0.1) is 12.6 Å². The van der Waals surface area contributed by atoms with Crippen molar-refractivity contribution < 1.29 is 18.7 Å². The standard InChI is InChI=1S/C20H21FN2O3.2C2H6/c1-4-26-20(25)18-19(24)23(3)16-10-9-12(2)11-14(16)17(22-18)13-7-5-6-8-15(13)21;2*1-2/h5-11,17-18,22H,4H2,1-3H3;2*1-2H3. The minimum absolute atomic E-state index is 0.157. The van der Waals surface area contributed by atoms with Crippen molar-refractivity contribution in [1.29, 1.82) is 0 Å². The molecule has 6 heteroatoms.